The van der Waals surface area contributed by atoms with Gasteiger partial charge in [-0.1, -0.05) is 30.7 Å². The maximum atomic E-state index is 12.2. The van der Waals surface area contributed by atoms with Crippen LogP contribution in [0.5, 0.6) is 0 Å². The van der Waals surface area contributed by atoms with Gasteiger partial charge in [-0.3, -0.25) is 9.59 Å². The molecule has 2 fully saturated rings. The van der Waals surface area contributed by atoms with Crippen LogP contribution in [0.3, 0.4) is 0 Å². The second-order valence-corrected chi connectivity index (χ2v) is 6.80. The molecule has 23 heavy (non-hydrogen) atoms. The van der Waals surface area contributed by atoms with E-state index in [1.807, 2.05) is 29.2 Å². The van der Waals surface area contributed by atoms with E-state index >= 15 is 0 Å². The van der Waals surface area contributed by atoms with Gasteiger partial charge in [0.25, 0.3) is 0 Å². The van der Waals surface area contributed by atoms with Crippen molar-refractivity contribution in [3.05, 3.63) is 35.4 Å². The predicted octanol–water partition coefficient (Wildman–Crippen LogP) is 2.71. The summed E-state index contributed by atoms with van der Waals surface area (Å²) in [5.41, 5.74) is 2.05. The molecule has 0 N–H and O–H groups in total. The van der Waals surface area contributed by atoms with Crippen LogP contribution < -0.4 is 0 Å². The highest BCUT2D eigenvalue weighted by atomic mass is 16.5. The van der Waals surface area contributed by atoms with Crippen LogP contribution in [0.1, 0.15) is 41.6 Å². The van der Waals surface area contributed by atoms with E-state index in [1.54, 1.807) is 7.11 Å². The standard InChI is InChI=1S/C19H25NO3/c1-23-10-9-20-13-15(12-18(20)21)11-14-5-7-17(8-6-14)19(22)16-3-2-4-16/h5-8,15-16H,2-4,9-13H2,1H3/t15-/m0/s1. The first-order chi connectivity index (χ1) is 11.2. The van der Waals surface area contributed by atoms with Crippen LogP contribution in [0, 0.1) is 11.8 Å². The zero-order valence-electron chi connectivity index (χ0n) is 13.8. The van der Waals surface area contributed by atoms with E-state index in [9.17, 15) is 9.59 Å². The molecule has 1 aromatic carbocycles. The Hall–Kier alpha value is -1.68. The zero-order valence-corrected chi connectivity index (χ0v) is 13.8. The quantitative estimate of drug-likeness (QED) is 0.727. The van der Waals surface area contributed by atoms with E-state index < -0.39 is 0 Å². The number of carbonyl (C=O) groups excluding carboxylic acids is 2. The summed E-state index contributed by atoms with van der Waals surface area (Å²) >= 11 is 0. The molecule has 124 valence electrons. The van der Waals surface area contributed by atoms with Crippen LogP contribution in [0.15, 0.2) is 24.3 Å². The summed E-state index contributed by atoms with van der Waals surface area (Å²) in [6.07, 6.45) is 4.79. The van der Waals surface area contributed by atoms with Crippen molar-refractivity contribution in [3.8, 4) is 0 Å². The van der Waals surface area contributed by atoms with E-state index in [0.29, 0.717) is 31.3 Å². The van der Waals surface area contributed by atoms with Crippen molar-refractivity contribution in [2.45, 2.75) is 32.1 Å². The van der Waals surface area contributed by atoms with Gasteiger partial charge < -0.3 is 9.64 Å². The Bertz CT molecular complexity index is 562. The number of hydrogen-bond donors (Lipinski definition) is 0. The summed E-state index contributed by atoms with van der Waals surface area (Å²) in [6, 6.07) is 8.01. The Balaban J connectivity index is 1.54. The lowest BCUT2D eigenvalue weighted by molar-refractivity contribution is -0.128. The van der Waals surface area contributed by atoms with Crippen molar-refractivity contribution in [2.24, 2.45) is 11.8 Å². The second-order valence-electron chi connectivity index (χ2n) is 6.80. The van der Waals surface area contributed by atoms with Crippen molar-refractivity contribution in [2.75, 3.05) is 26.8 Å². The topological polar surface area (TPSA) is 46.6 Å². The first-order valence-electron chi connectivity index (χ1n) is 8.57. The third-order valence-corrected chi connectivity index (χ3v) is 5.10. The van der Waals surface area contributed by atoms with Crippen molar-refractivity contribution >= 4 is 11.7 Å². The highest BCUT2D eigenvalue weighted by Crippen LogP contribution is 2.30. The Morgan fingerprint density at radius 1 is 1.26 bits per heavy atom. The fourth-order valence-corrected chi connectivity index (χ4v) is 3.45. The van der Waals surface area contributed by atoms with Crippen molar-refractivity contribution in [1.82, 2.24) is 4.90 Å². The van der Waals surface area contributed by atoms with Crippen LogP contribution in [0.2, 0.25) is 0 Å². The minimum absolute atomic E-state index is 0.226. The maximum Gasteiger partial charge on any atom is 0.223 e. The van der Waals surface area contributed by atoms with Gasteiger partial charge >= 0.3 is 0 Å². The molecular weight excluding hydrogens is 290 g/mol. The first kappa shape index (κ1) is 16.2. The molecule has 1 saturated heterocycles. The van der Waals surface area contributed by atoms with E-state index in [4.69, 9.17) is 4.74 Å². The van der Waals surface area contributed by atoms with Crippen LogP contribution in [-0.2, 0) is 16.0 Å². The number of ketones is 1. The third kappa shape index (κ3) is 3.81. The highest BCUT2D eigenvalue weighted by molar-refractivity contribution is 5.98. The summed E-state index contributed by atoms with van der Waals surface area (Å²) in [4.78, 5) is 26.1. The average Bonchev–Trinajstić information content (AvgIpc) is 2.83. The van der Waals surface area contributed by atoms with Gasteiger partial charge in [0.1, 0.15) is 0 Å². The number of Topliss-reactive ketones (excluding diaryl/α,β-unsaturated/α-hetero) is 1. The SMILES string of the molecule is COCCN1C[C@@H](Cc2ccc(C(=O)C3CCC3)cc2)CC1=O. The molecule has 4 nitrogen and oxygen atoms in total. The molecular formula is C19H25NO3. The number of ether oxygens (including phenoxy) is 1. The average molecular weight is 315 g/mol. The monoisotopic (exact) mass is 315 g/mol. The lowest BCUT2D eigenvalue weighted by Crippen LogP contribution is -2.28. The molecule has 0 spiro atoms. The molecule has 1 amide bonds. The number of hydrogen-bond acceptors (Lipinski definition) is 3. The first-order valence-corrected chi connectivity index (χ1v) is 8.57. The van der Waals surface area contributed by atoms with Crippen LogP contribution in [0.25, 0.3) is 0 Å². The minimum Gasteiger partial charge on any atom is -0.383 e. The Morgan fingerprint density at radius 3 is 2.61 bits per heavy atom. The van der Waals surface area contributed by atoms with Gasteiger partial charge in [-0.25, -0.2) is 0 Å². The van der Waals surface area contributed by atoms with E-state index in [2.05, 4.69) is 0 Å². The summed E-state index contributed by atoms with van der Waals surface area (Å²) in [5.74, 6) is 1.14. The molecule has 1 aromatic rings. The summed E-state index contributed by atoms with van der Waals surface area (Å²) in [5, 5.41) is 0. The van der Waals surface area contributed by atoms with Crippen molar-refractivity contribution in [1.29, 1.82) is 0 Å². The molecule has 4 heteroatoms. The van der Waals surface area contributed by atoms with E-state index in [-0.39, 0.29) is 11.8 Å². The summed E-state index contributed by atoms with van der Waals surface area (Å²) in [6.45, 7) is 2.09. The summed E-state index contributed by atoms with van der Waals surface area (Å²) in [7, 11) is 1.66. The third-order valence-electron chi connectivity index (χ3n) is 5.10. The second kappa shape index (κ2) is 7.26. The van der Waals surface area contributed by atoms with Gasteiger partial charge in [-0.2, -0.15) is 0 Å². The molecule has 1 aliphatic heterocycles. The number of rotatable bonds is 7. The van der Waals surface area contributed by atoms with Crippen LogP contribution >= 0.6 is 0 Å². The fraction of sp³-hybridized carbons (Fsp3) is 0.579. The molecule has 0 radical (unpaired) electrons. The zero-order chi connectivity index (χ0) is 16.2. The fourth-order valence-electron chi connectivity index (χ4n) is 3.45. The van der Waals surface area contributed by atoms with Gasteiger partial charge in [0.15, 0.2) is 5.78 Å². The highest BCUT2D eigenvalue weighted by Gasteiger charge is 2.29. The molecule has 1 saturated carbocycles. The normalized spacial score (nSPS) is 21.5. The molecule has 1 heterocycles. The number of amides is 1. The smallest absolute Gasteiger partial charge is 0.223 e. The van der Waals surface area contributed by atoms with Gasteiger partial charge in [0.2, 0.25) is 5.91 Å². The molecule has 0 aromatic heterocycles. The van der Waals surface area contributed by atoms with Crippen molar-refractivity contribution < 1.29 is 14.3 Å². The van der Waals surface area contributed by atoms with Gasteiger partial charge in [0, 0.05) is 38.1 Å². The van der Waals surface area contributed by atoms with E-state index in [0.717, 1.165) is 31.4 Å². The van der Waals surface area contributed by atoms with Crippen molar-refractivity contribution in [3.63, 3.8) is 0 Å². The molecule has 3 rings (SSSR count). The Morgan fingerprint density at radius 2 is 2.00 bits per heavy atom. The lowest BCUT2D eigenvalue weighted by atomic mass is 9.80. The Labute approximate surface area is 137 Å². The largest absolute Gasteiger partial charge is 0.383 e. The molecule has 0 bridgehead atoms. The minimum atomic E-state index is 0.226. The summed E-state index contributed by atoms with van der Waals surface area (Å²) < 4.78 is 5.05. The van der Waals surface area contributed by atoms with Gasteiger partial charge in [0.05, 0.1) is 6.61 Å². The lowest BCUT2D eigenvalue weighted by Gasteiger charge is -2.23. The number of benzene rings is 1. The Kier molecular flexibility index (Phi) is 5.11. The number of likely N-dealkylation sites (tertiary alicyclic amines) is 1. The maximum absolute atomic E-state index is 12.2. The number of nitrogens with zero attached hydrogens (tertiary/aromatic N) is 1. The van der Waals surface area contributed by atoms with E-state index in [1.165, 1.54) is 12.0 Å². The van der Waals surface area contributed by atoms with Gasteiger partial charge in [-0.05, 0) is 30.7 Å². The molecule has 1 atom stereocenters. The molecule has 2 aliphatic rings. The van der Waals surface area contributed by atoms with Crippen LogP contribution in [0.4, 0.5) is 0 Å². The number of carbonyl (C=O) groups is 2. The molecule has 0 unspecified atom stereocenters. The molecule has 1 aliphatic carbocycles. The van der Waals surface area contributed by atoms with Gasteiger partial charge in [-0.15, -0.1) is 0 Å². The van der Waals surface area contributed by atoms with Crippen LogP contribution in [-0.4, -0.2) is 43.4 Å². The predicted molar refractivity (Wildman–Crippen MR) is 88.4 cm³/mol. The number of methoxy groups -OCH3 is 1.